The van der Waals surface area contributed by atoms with Crippen molar-refractivity contribution in [3.05, 3.63) is 23.9 Å². The lowest BCUT2D eigenvalue weighted by Crippen LogP contribution is -1.88. The molecule has 0 radical (unpaired) electrons. The first-order chi connectivity index (χ1) is 6.22. The van der Waals surface area contributed by atoms with Crippen LogP contribution in [0.15, 0.2) is 18.2 Å². The molecule has 0 aliphatic rings. The smallest absolute Gasteiger partial charge is 0.170 e. The van der Waals surface area contributed by atoms with Crippen LogP contribution in [0.25, 0.3) is 10.9 Å². The zero-order valence-electron chi connectivity index (χ0n) is 7.02. The standard InChI is InChI=1S/C9H7N3O/c1-12-9-3-2-6(13)4-7(9)8(5-10)11-12/h2-4,13H,1H3. The molecule has 4 heteroatoms. The van der Waals surface area contributed by atoms with Gasteiger partial charge in [-0.05, 0) is 18.2 Å². The van der Waals surface area contributed by atoms with E-state index in [1.807, 2.05) is 6.07 Å². The number of nitrogens with zero attached hydrogens (tertiary/aromatic N) is 3. The Morgan fingerprint density at radius 2 is 2.31 bits per heavy atom. The monoisotopic (exact) mass is 173 g/mol. The van der Waals surface area contributed by atoms with Gasteiger partial charge in [0.05, 0.1) is 5.52 Å². The number of phenols is 1. The van der Waals surface area contributed by atoms with E-state index >= 15 is 0 Å². The van der Waals surface area contributed by atoms with Crippen LogP contribution in [0.1, 0.15) is 5.69 Å². The fraction of sp³-hybridized carbons (Fsp3) is 0.111. The number of aromatic hydroxyl groups is 1. The van der Waals surface area contributed by atoms with Gasteiger partial charge in [-0.15, -0.1) is 0 Å². The normalized spacial score (nSPS) is 10.2. The Bertz CT molecular complexity index is 507. The summed E-state index contributed by atoms with van der Waals surface area (Å²) < 4.78 is 1.62. The van der Waals surface area contributed by atoms with E-state index in [-0.39, 0.29) is 5.75 Å². The van der Waals surface area contributed by atoms with Crippen LogP contribution in [-0.4, -0.2) is 14.9 Å². The molecule has 0 saturated carbocycles. The van der Waals surface area contributed by atoms with Crippen LogP contribution in [0, 0.1) is 11.3 Å². The Hall–Kier alpha value is -2.02. The lowest BCUT2D eigenvalue weighted by atomic mass is 10.2. The summed E-state index contributed by atoms with van der Waals surface area (Å²) in [6.45, 7) is 0. The second-order valence-corrected chi connectivity index (χ2v) is 2.79. The quantitative estimate of drug-likeness (QED) is 0.650. The van der Waals surface area contributed by atoms with Crippen LogP contribution >= 0.6 is 0 Å². The van der Waals surface area contributed by atoms with Crippen molar-refractivity contribution < 1.29 is 5.11 Å². The molecule has 0 saturated heterocycles. The number of aromatic nitrogens is 2. The molecule has 1 aromatic heterocycles. The molecule has 0 fully saturated rings. The SMILES string of the molecule is Cn1nc(C#N)c2cc(O)ccc21. The van der Waals surface area contributed by atoms with E-state index in [1.165, 1.54) is 0 Å². The number of fused-ring (bicyclic) bond motifs is 1. The van der Waals surface area contributed by atoms with Gasteiger partial charge in [0, 0.05) is 12.4 Å². The number of aryl methyl sites for hydroxylation is 1. The Labute approximate surface area is 74.6 Å². The van der Waals surface area contributed by atoms with E-state index in [9.17, 15) is 5.11 Å². The number of nitriles is 1. The maximum atomic E-state index is 9.21. The van der Waals surface area contributed by atoms with E-state index in [0.29, 0.717) is 11.1 Å². The van der Waals surface area contributed by atoms with Crippen molar-refractivity contribution in [2.45, 2.75) is 0 Å². The largest absolute Gasteiger partial charge is 0.508 e. The Morgan fingerprint density at radius 1 is 1.54 bits per heavy atom. The Morgan fingerprint density at radius 3 is 3.00 bits per heavy atom. The number of benzene rings is 1. The third-order valence-corrected chi connectivity index (χ3v) is 1.94. The van der Waals surface area contributed by atoms with Gasteiger partial charge in [0.25, 0.3) is 0 Å². The van der Waals surface area contributed by atoms with Crippen molar-refractivity contribution in [2.75, 3.05) is 0 Å². The maximum Gasteiger partial charge on any atom is 0.170 e. The summed E-state index contributed by atoms with van der Waals surface area (Å²) in [5.74, 6) is 0.150. The fourth-order valence-electron chi connectivity index (χ4n) is 1.34. The summed E-state index contributed by atoms with van der Waals surface area (Å²) in [5.41, 5.74) is 1.18. The molecule has 0 aliphatic heterocycles. The average Bonchev–Trinajstić information content (AvgIpc) is 2.42. The summed E-state index contributed by atoms with van der Waals surface area (Å²) in [5, 5.41) is 22.6. The molecule has 64 valence electrons. The van der Waals surface area contributed by atoms with Gasteiger partial charge in [-0.3, -0.25) is 4.68 Å². The second-order valence-electron chi connectivity index (χ2n) is 2.79. The van der Waals surface area contributed by atoms with Gasteiger partial charge in [0.15, 0.2) is 5.69 Å². The molecular weight excluding hydrogens is 166 g/mol. The second kappa shape index (κ2) is 2.49. The van der Waals surface area contributed by atoms with Gasteiger partial charge in [-0.2, -0.15) is 10.4 Å². The van der Waals surface area contributed by atoms with Gasteiger partial charge in [0.1, 0.15) is 11.8 Å². The Kier molecular flexibility index (Phi) is 1.46. The topological polar surface area (TPSA) is 61.8 Å². The minimum Gasteiger partial charge on any atom is -0.508 e. The van der Waals surface area contributed by atoms with Crippen molar-refractivity contribution in [1.82, 2.24) is 9.78 Å². The maximum absolute atomic E-state index is 9.21. The summed E-state index contributed by atoms with van der Waals surface area (Å²) in [4.78, 5) is 0. The summed E-state index contributed by atoms with van der Waals surface area (Å²) in [6, 6.07) is 6.83. The van der Waals surface area contributed by atoms with Gasteiger partial charge in [-0.25, -0.2) is 0 Å². The molecule has 0 spiro atoms. The van der Waals surface area contributed by atoms with E-state index in [1.54, 1.807) is 29.9 Å². The van der Waals surface area contributed by atoms with Crippen molar-refractivity contribution in [3.63, 3.8) is 0 Å². The van der Waals surface area contributed by atoms with Gasteiger partial charge >= 0.3 is 0 Å². The molecule has 13 heavy (non-hydrogen) atoms. The molecule has 0 atom stereocenters. The van der Waals surface area contributed by atoms with Crippen LogP contribution in [-0.2, 0) is 7.05 Å². The predicted octanol–water partition coefficient (Wildman–Crippen LogP) is 1.15. The Balaban J connectivity index is 2.91. The third-order valence-electron chi connectivity index (χ3n) is 1.94. The van der Waals surface area contributed by atoms with Crippen LogP contribution in [0.5, 0.6) is 5.75 Å². The van der Waals surface area contributed by atoms with Crippen LogP contribution in [0.2, 0.25) is 0 Å². The highest BCUT2D eigenvalue weighted by molar-refractivity contribution is 5.85. The van der Waals surface area contributed by atoms with Crippen molar-refractivity contribution in [2.24, 2.45) is 7.05 Å². The van der Waals surface area contributed by atoms with E-state index in [0.717, 1.165) is 5.52 Å². The summed E-state index contributed by atoms with van der Waals surface area (Å²) >= 11 is 0. The van der Waals surface area contributed by atoms with Crippen LogP contribution in [0.4, 0.5) is 0 Å². The highest BCUT2D eigenvalue weighted by Gasteiger charge is 2.07. The molecule has 0 bridgehead atoms. The fourth-order valence-corrected chi connectivity index (χ4v) is 1.34. The van der Waals surface area contributed by atoms with E-state index in [2.05, 4.69) is 5.10 Å². The number of rotatable bonds is 0. The van der Waals surface area contributed by atoms with Crippen molar-refractivity contribution in [1.29, 1.82) is 5.26 Å². The highest BCUT2D eigenvalue weighted by atomic mass is 16.3. The minimum atomic E-state index is 0.150. The molecule has 0 amide bonds. The molecule has 4 nitrogen and oxygen atoms in total. The number of phenolic OH excluding ortho intramolecular Hbond substituents is 1. The first-order valence-corrected chi connectivity index (χ1v) is 3.78. The zero-order valence-corrected chi connectivity index (χ0v) is 7.02. The molecule has 1 aromatic carbocycles. The molecule has 2 aromatic rings. The average molecular weight is 173 g/mol. The van der Waals surface area contributed by atoms with Crippen molar-refractivity contribution >= 4 is 10.9 Å². The van der Waals surface area contributed by atoms with Gasteiger partial charge in [-0.1, -0.05) is 0 Å². The lowest BCUT2D eigenvalue weighted by Gasteiger charge is -1.93. The lowest BCUT2D eigenvalue weighted by molar-refractivity contribution is 0.476. The molecule has 0 aliphatic carbocycles. The van der Waals surface area contributed by atoms with E-state index < -0.39 is 0 Å². The number of hydrogen-bond donors (Lipinski definition) is 1. The first-order valence-electron chi connectivity index (χ1n) is 3.78. The summed E-state index contributed by atoms with van der Waals surface area (Å²) in [6.07, 6.45) is 0. The molecule has 2 rings (SSSR count). The van der Waals surface area contributed by atoms with Crippen molar-refractivity contribution in [3.8, 4) is 11.8 Å². The summed E-state index contributed by atoms with van der Waals surface area (Å²) in [7, 11) is 1.76. The highest BCUT2D eigenvalue weighted by Crippen LogP contribution is 2.21. The first kappa shape index (κ1) is 7.62. The van der Waals surface area contributed by atoms with Gasteiger partial charge in [0.2, 0.25) is 0 Å². The zero-order chi connectivity index (χ0) is 9.42. The van der Waals surface area contributed by atoms with Gasteiger partial charge < -0.3 is 5.11 Å². The molecule has 0 unspecified atom stereocenters. The van der Waals surface area contributed by atoms with Crippen LogP contribution in [0.3, 0.4) is 0 Å². The van der Waals surface area contributed by atoms with Crippen LogP contribution < -0.4 is 0 Å². The third kappa shape index (κ3) is 1.02. The predicted molar refractivity (Wildman–Crippen MR) is 47.1 cm³/mol. The molecule has 1 N–H and O–H groups in total. The number of hydrogen-bond acceptors (Lipinski definition) is 3. The van der Waals surface area contributed by atoms with E-state index in [4.69, 9.17) is 5.26 Å². The molecule has 1 heterocycles. The minimum absolute atomic E-state index is 0.150. The molecular formula is C9H7N3O.